The first-order valence-electron chi connectivity index (χ1n) is 6.22. The van der Waals surface area contributed by atoms with E-state index >= 15 is 0 Å². The van der Waals surface area contributed by atoms with Crippen LogP contribution in [-0.4, -0.2) is 42.0 Å². The largest absolute Gasteiger partial charge is 0.368 e. The van der Waals surface area contributed by atoms with E-state index in [4.69, 9.17) is 16.3 Å². The number of nitrogens with zero attached hydrogens (tertiary/aromatic N) is 1. The third-order valence-electron chi connectivity index (χ3n) is 3.75. The lowest BCUT2D eigenvalue weighted by Gasteiger charge is -2.38. The van der Waals surface area contributed by atoms with Gasteiger partial charge in [-0.15, -0.1) is 11.6 Å². The van der Waals surface area contributed by atoms with Gasteiger partial charge in [-0.3, -0.25) is 4.79 Å². The van der Waals surface area contributed by atoms with Crippen molar-refractivity contribution >= 4 is 17.5 Å². The van der Waals surface area contributed by atoms with Crippen LogP contribution in [0.3, 0.4) is 0 Å². The van der Waals surface area contributed by atoms with E-state index in [1.54, 1.807) is 0 Å². The summed E-state index contributed by atoms with van der Waals surface area (Å²) in [4.78, 5) is 14.3. The zero-order valence-corrected chi connectivity index (χ0v) is 10.6. The van der Waals surface area contributed by atoms with Gasteiger partial charge in [-0.05, 0) is 31.6 Å². The Balaban J connectivity index is 1.98. The van der Waals surface area contributed by atoms with E-state index < -0.39 is 0 Å². The van der Waals surface area contributed by atoms with E-state index in [1.807, 2.05) is 4.90 Å². The summed E-state index contributed by atoms with van der Waals surface area (Å²) >= 11 is 5.77. The Kier molecular flexibility index (Phi) is 4.09. The smallest absolute Gasteiger partial charge is 0.252 e. The molecule has 1 saturated carbocycles. The van der Waals surface area contributed by atoms with Crippen molar-refractivity contribution in [2.24, 2.45) is 5.92 Å². The fraction of sp³-hybridized carbons (Fsp3) is 0.917. The molecular weight excluding hydrogens is 226 g/mol. The second-order valence-corrected chi connectivity index (χ2v) is 5.24. The van der Waals surface area contributed by atoms with Gasteiger partial charge in [0.2, 0.25) is 0 Å². The molecule has 2 unspecified atom stereocenters. The maximum atomic E-state index is 12.3. The first kappa shape index (κ1) is 12.2. The molecule has 0 N–H and O–H groups in total. The summed E-state index contributed by atoms with van der Waals surface area (Å²) in [5, 5.41) is 0. The average Bonchev–Trinajstić information content (AvgIpc) is 2.60. The van der Waals surface area contributed by atoms with Crippen LogP contribution in [0.5, 0.6) is 0 Å². The van der Waals surface area contributed by atoms with Crippen molar-refractivity contribution in [3.05, 3.63) is 0 Å². The molecule has 0 aromatic heterocycles. The number of alkyl halides is 1. The average molecular weight is 246 g/mol. The monoisotopic (exact) mass is 245 g/mol. The van der Waals surface area contributed by atoms with Crippen LogP contribution in [0.4, 0.5) is 0 Å². The lowest BCUT2D eigenvalue weighted by Crippen LogP contribution is -2.50. The molecule has 16 heavy (non-hydrogen) atoms. The van der Waals surface area contributed by atoms with Crippen molar-refractivity contribution in [1.82, 2.24) is 4.90 Å². The molecule has 2 rings (SSSR count). The van der Waals surface area contributed by atoms with Crippen LogP contribution < -0.4 is 0 Å². The van der Waals surface area contributed by atoms with Gasteiger partial charge < -0.3 is 9.64 Å². The van der Waals surface area contributed by atoms with Gasteiger partial charge in [-0.1, -0.05) is 6.92 Å². The molecule has 3 nitrogen and oxygen atoms in total. The predicted octanol–water partition coefficient (Wildman–Crippen LogP) is 2.03. The zero-order chi connectivity index (χ0) is 11.5. The third kappa shape index (κ3) is 2.35. The normalized spacial score (nSPS) is 30.1. The standard InChI is InChI=1S/C12H20ClNO2/c1-9-5-8-16-11(9)12(15)14(7-6-13)10-3-2-4-10/h9-11H,2-8H2,1H3. The predicted molar refractivity (Wildman–Crippen MR) is 63.6 cm³/mol. The molecule has 1 amide bonds. The summed E-state index contributed by atoms with van der Waals surface area (Å²) in [7, 11) is 0. The SMILES string of the molecule is CC1CCOC1C(=O)N(CCCl)C1CCC1. The molecule has 1 aliphatic heterocycles. The number of carbonyl (C=O) groups is 1. The van der Waals surface area contributed by atoms with Gasteiger partial charge >= 0.3 is 0 Å². The first-order valence-corrected chi connectivity index (χ1v) is 6.75. The number of hydrogen-bond acceptors (Lipinski definition) is 2. The van der Waals surface area contributed by atoms with E-state index in [1.165, 1.54) is 6.42 Å². The van der Waals surface area contributed by atoms with Crippen molar-refractivity contribution in [2.45, 2.75) is 44.8 Å². The molecule has 1 saturated heterocycles. The molecule has 0 spiro atoms. The molecule has 0 aromatic carbocycles. The highest BCUT2D eigenvalue weighted by Crippen LogP contribution is 2.28. The van der Waals surface area contributed by atoms with Gasteiger partial charge in [0.25, 0.3) is 5.91 Å². The summed E-state index contributed by atoms with van der Waals surface area (Å²) in [5.41, 5.74) is 0. The highest BCUT2D eigenvalue weighted by molar-refractivity contribution is 6.18. The van der Waals surface area contributed by atoms with Crippen molar-refractivity contribution in [1.29, 1.82) is 0 Å². The molecule has 2 aliphatic rings. The Hall–Kier alpha value is -0.280. The number of ether oxygens (including phenoxy) is 1. The Bertz CT molecular complexity index is 255. The summed E-state index contributed by atoms with van der Waals surface area (Å²) in [5.74, 6) is 1.03. The van der Waals surface area contributed by atoms with Crippen LogP contribution in [0.1, 0.15) is 32.6 Å². The van der Waals surface area contributed by atoms with Gasteiger partial charge in [-0.2, -0.15) is 0 Å². The minimum absolute atomic E-state index is 0.162. The summed E-state index contributed by atoms with van der Waals surface area (Å²) < 4.78 is 5.54. The van der Waals surface area contributed by atoms with E-state index in [9.17, 15) is 4.79 Å². The van der Waals surface area contributed by atoms with Crippen LogP contribution in [0.15, 0.2) is 0 Å². The lowest BCUT2D eigenvalue weighted by atomic mass is 9.90. The number of carbonyl (C=O) groups excluding carboxylic acids is 1. The van der Waals surface area contributed by atoms with Gasteiger partial charge in [-0.25, -0.2) is 0 Å². The summed E-state index contributed by atoms with van der Waals surface area (Å²) in [6.45, 7) is 3.48. The summed E-state index contributed by atoms with van der Waals surface area (Å²) in [6.07, 6.45) is 4.27. The second-order valence-electron chi connectivity index (χ2n) is 4.86. The lowest BCUT2D eigenvalue weighted by molar-refractivity contribution is -0.146. The second kappa shape index (κ2) is 5.37. The molecule has 0 radical (unpaired) electrons. The molecular formula is C12H20ClNO2. The molecule has 92 valence electrons. The molecule has 0 aromatic rings. The minimum Gasteiger partial charge on any atom is -0.368 e. The van der Waals surface area contributed by atoms with E-state index in [0.29, 0.717) is 24.4 Å². The zero-order valence-electron chi connectivity index (χ0n) is 9.82. The highest BCUT2D eigenvalue weighted by Gasteiger charge is 2.37. The van der Waals surface area contributed by atoms with Gasteiger partial charge in [0.15, 0.2) is 0 Å². The number of amides is 1. The maximum absolute atomic E-state index is 12.3. The minimum atomic E-state index is -0.219. The van der Waals surface area contributed by atoms with Crippen LogP contribution in [0, 0.1) is 5.92 Å². The van der Waals surface area contributed by atoms with Gasteiger partial charge in [0, 0.05) is 25.1 Å². The number of rotatable bonds is 4. The first-order chi connectivity index (χ1) is 7.74. The van der Waals surface area contributed by atoms with Crippen LogP contribution in [0.2, 0.25) is 0 Å². The molecule has 0 bridgehead atoms. The van der Waals surface area contributed by atoms with Crippen LogP contribution >= 0.6 is 11.6 Å². The molecule has 1 aliphatic carbocycles. The van der Waals surface area contributed by atoms with Crippen LogP contribution in [0.25, 0.3) is 0 Å². The topological polar surface area (TPSA) is 29.5 Å². The molecule has 4 heteroatoms. The Morgan fingerprint density at radius 1 is 1.44 bits per heavy atom. The molecule has 2 fully saturated rings. The van der Waals surface area contributed by atoms with Crippen molar-refractivity contribution in [2.75, 3.05) is 19.0 Å². The summed E-state index contributed by atoms with van der Waals surface area (Å²) in [6, 6.07) is 0.419. The number of hydrogen-bond donors (Lipinski definition) is 0. The molecule has 1 heterocycles. The Morgan fingerprint density at radius 2 is 2.19 bits per heavy atom. The van der Waals surface area contributed by atoms with Crippen molar-refractivity contribution in [3.63, 3.8) is 0 Å². The fourth-order valence-electron chi connectivity index (χ4n) is 2.44. The molecule has 2 atom stereocenters. The van der Waals surface area contributed by atoms with Crippen LogP contribution in [-0.2, 0) is 9.53 Å². The highest BCUT2D eigenvalue weighted by atomic mass is 35.5. The number of halogens is 1. The van der Waals surface area contributed by atoms with E-state index in [-0.39, 0.29) is 12.0 Å². The third-order valence-corrected chi connectivity index (χ3v) is 3.92. The Labute approximate surface area is 102 Å². The van der Waals surface area contributed by atoms with Crippen molar-refractivity contribution in [3.8, 4) is 0 Å². The van der Waals surface area contributed by atoms with E-state index in [2.05, 4.69) is 6.92 Å². The Morgan fingerprint density at radius 3 is 2.62 bits per heavy atom. The van der Waals surface area contributed by atoms with E-state index in [0.717, 1.165) is 25.9 Å². The maximum Gasteiger partial charge on any atom is 0.252 e. The quantitative estimate of drug-likeness (QED) is 0.710. The van der Waals surface area contributed by atoms with Gasteiger partial charge in [0.05, 0.1) is 0 Å². The van der Waals surface area contributed by atoms with Gasteiger partial charge in [0.1, 0.15) is 6.10 Å². The fourth-order valence-corrected chi connectivity index (χ4v) is 2.62. The van der Waals surface area contributed by atoms with Crippen molar-refractivity contribution < 1.29 is 9.53 Å².